The summed E-state index contributed by atoms with van der Waals surface area (Å²) in [5.74, 6) is 0.336. The fourth-order valence-electron chi connectivity index (χ4n) is 4.43. The molecule has 1 fully saturated rings. The van der Waals surface area contributed by atoms with Crippen LogP contribution in [0.3, 0.4) is 0 Å². The number of hydrogen-bond acceptors (Lipinski definition) is 4. The molecule has 2 aromatic carbocycles. The van der Waals surface area contributed by atoms with Gasteiger partial charge in [-0.2, -0.15) is 0 Å². The van der Waals surface area contributed by atoms with Crippen LogP contribution in [0.25, 0.3) is 0 Å². The van der Waals surface area contributed by atoms with Crippen LogP contribution in [0.5, 0.6) is 5.75 Å². The molecular formula is C27H29ClN2O3S. The monoisotopic (exact) mass is 496 g/mol. The summed E-state index contributed by atoms with van der Waals surface area (Å²) in [6.45, 7) is 0.226. The van der Waals surface area contributed by atoms with Gasteiger partial charge >= 0.3 is 0 Å². The van der Waals surface area contributed by atoms with E-state index in [1.807, 2.05) is 60.0 Å². The van der Waals surface area contributed by atoms with E-state index < -0.39 is 6.04 Å². The third kappa shape index (κ3) is 5.99. The van der Waals surface area contributed by atoms with Crippen LogP contribution in [-0.4, -0.2) is 29.9 Å². The number of thiophene rings is 1. The summed E-state index contributed by atoms with van der Waals surface area (Å²) < 4.78 is 5.43. The van der Waals surface area contributed by atoms with E-state index in [0.717, 1.165) is 36.1 Å². The number of methoxy groups -OCH3 is 1. The Morgan fingerprint density at radius 1 is 1.12 bits per heavy atom. The smallest absolute Gasteiger partial charge is 0.247 e. The normalized spacial score (nSPS) is 14.5. The highest BCUT2D eigenvalue weighted by Crippen LogP contribution is 2.30. The summed E-state index contributed by atoms with van der Waals surface area (Å²) in [7, 11) is 1.59. The van der Waals surface area contributed by atoms with Gasteiger partial charge in [0.15, 0.2) is 0 Å². The zero-order valence-corrected chi connectivity index (χ0v) is 20.8. The van der Waals surface area contributed by atoms with Crippen molar-refractivity contribution in [2.75, 3.05) is 7.11 Å². The molecule has 1 saturated carbocycles. The number of benzene rings is 2. The summed E-state index contributed by atoms with van der Waals surface area (Å²) in [6.07, 6.45) is 4.36. The predicted molar refractivity (Wildman–Crippen MR) is 136 cm³/mol. The second kappa shape index (κ2) is 11.5. The molecule has 0 unspecified atom stereocenters. The summed E-state index contributed by atoms with van der Waals surface area (Å²) in [5, 5.41) is 5.72. The van der Waals surface area contributed by atoms with Crippen molar-refractivity contribution in [3.05, 3.63) is 87.1 Å². The lowest BCUT2D eigenvalue weighted by Gasteiger charge is -2.33. The van der Waals surface area contributed by atoms with Crippen LogP contribution in [0.15, 0.2) is 66.0 Å². The number of carbonyl (C=O) groups is 2. The standard InChI is InChI=1S/C27H29ClN2O3S/c1-33-22-12-6-9-19(16-22)26(27(32)29-21-10-3-4-11-21)30(18-20-8-2-5-14-24(20)28)25(31)17-23-13-7-15-34-23/h2,5-9,12-16,21,26H,3-4,10-11,17-18H2,1H3,(H,29,32)/t26-/m1/s1. The average Bonchev–Trinajstić information content (AvgIpc) is 3.54. The molecule has 0 aliphatic heterocycles. The number of hydrogen-bond donors (Lipinski definition) is 1. The Hall–Kier alpha value is -2.83. The maximum atomic E-state index is 13.7. The molecule has 2 amide bonds. The van der Waals surface area contributed by atoms with E-state index >= 15 is 0 Å². The van der Waals surface area contributed by atoms with Gasteiger partial charge in [0.1, 0.15) is 11.8 Å². The summed E-state index contributed by atoms with van der Waals surface area (Å²) in [5.41, 5.74) is 1.51. The molecule has 0 bridgehead atoms. The fraction of sp³-hybridized carbons (Fsp3) is 0.333. The van der Waals surface area contributed by atoms with Crippen LogP contribution >= 0.6 is 22.9 Å². The number of ether oxygens (including phenoxy) is 1. The molecule has 3 aromatic rings. The second-order valence-electron chi connectivity index (χ2n) is 8.54. The molecule has 4 rings (SSSR count). The first-order valence-corrected chi connectivity index (χ1v) is 12.8. The van der Waals surface area contributed by atoms with Gasteiger partial charge in [-0.15, -0.1) is 11.3 Å². The van der Waals surface area contributed by atoms with Crippen molar-refractivity contribution >= 4 is 34.8 Å². The molecule has 1 aliphatic rings. The molecule has 1 N–H and O–H groups in total. The number of nitrogens with one attached hydrogen (secondary N) is 1. The van der Waals surface area contributed by atoms with Crippen LogP contribution in [-0.2, 0) is 22.6 Å². The molecule has 0 saturated heterocycles. The van der Waals surface area contributed by atoms with Gasteiger partial charge in [0, 0.05) is 22.5 Å². The lowest BCUT2D eigenvalue weighted by atomic mass is 10.0. The first-order chi connectivity index (χ1) is 16.5. The average molecular weight is 497 g/mol. The van der Waals surface area contributed by atoms with Gasteiger partial charge in [-0.25, -0.2) is 0 Å². The maximum absolute atomic E-state index is 13.7. The lowest BCUT2D eigenvalue weighted by Crippen LogP contribution is -2.46. The number of amides is 2. The van der Waals surface area contributed by atoms with Gasteiger partial charge < -0.3 is 15.0 Å². The number of carbonyl (C=O) groups excluding carboxylic acids is 2. The number of halogens is 1. The van der Waals surface area contributed by atoms with E-state index in [1.165, 1.54) is 11.3 Å². The molecule has 0 spiro atoms. The van der Waals surface area contributed by atoms with Gasteiger partial charge in [0.05, 0.1) is 13.5 Å². The van der Waals surface area contributed by atoms with Gasteiger partial charge in [-0.1, -0.05) is 60.8 Å². The zero-order chi connectivity index (χ0) is 23.9. The molecule has 1 aromatic heterocycles. The van der Waals surface area contributed by atoms with Crippen LogP contribution in [0.1, 0.15) is 47.7 Å². The Balaban J connectivity index is 1.73. The number of nitrogens with zero attached hydrogens (tertiary/aromatic N) is 1. The molecule has 7 heteroatoms. The van der Waals surface area contributed by atoms with E-state index in [-0.39, 0.29) is 30.8 Å². The van der Waals surface area contributed by atoms with E-state index in [2.05, 4.69) is 5.32 Å². The van der Waals surface area contributed by atoms with E-state index in [4.69, 9.17) is 16.3 Å². The third-order valence-electron chi connectivity index (χ3n) is 6.20. The summed E-state index contributed by atoms with van der Waals surface area (Å²) in [4.78, 5) is 30.1. The van der Waals surface area contributed by atoms with E-state index in [0.29, 0.717) is 16.3 Å². The minimum Gasteiger partial charge on any atom is -0.497 e. The SMILES string of the molecule is COc1cccc([C@H](C(=O)NC2CCCC2)N(Cc2ccccc2Cl)C(=O)Cc2cccs2)c1. The van der Waals surface area contributed by atoms with Crippen molar-refractivity contribution < 1.29 is 14.3 Å². The highest BCUT2D eigenvalue weighted by atomic mass is 35.5. The van der Waals surface area contributed by atoms with Crippen molar-refractivity contribution in [1.29, 1.82) is 0 Å². The molecule has 1 aliphatic carbocycles. The van der Waals surface area contributed by atoms with Gasteiger partial charge in [0.2, 0.25) is 11.8 Å². The predicted octanol–water partition coefficient (Wildman–Crippen LogP) is 5.78. The molecule has 1 heterocycles. The van der Waals surface area contributed by atoms with Crippen LogP contribution in [0, 0.1) is 0 Å². The van der Waals surface area contributed by atoms with Crippen LogP contribution in [0.4, 0.5) is 0 Å². The zero-order valence-electron chi connectivity index (χ0n) is 19.2. The van der Waals surface area contributed by atoms with Gasteiger partial charge in [-0.05, 0) is 53.6 Å². The van der Waals surface area contributed by atoms with Crippen molar-refractivity contribution in [3.63, 3.8) is 0 Å². The van der Waals surface area contributed by atoms with Crippen molar-refractivity contribution in [1.82, 2.24) is 10.2 Å². The first-order valence-electron chi connectivity index (χ1n) is 11.5. The molecule has 178 valence electrons. The molecule has 34 heavy (non-hydrogen) atoms. The van der Waals surface area contributed by atoms with E-state index in [9.17, 15) is 9.59 Å². The van der Waals surface area contributed by atoms with Crippen molar-refractivity contribution in [2.45, 2.75) is 50.7 Å². The quantitative estimate of drug-likeness (QED) is 0.408. The highest BCUT2D eigenvalue weighted by Gasteiger charge is 2.34. The minimum atomic E-state index is -0.806. The Morgan fingerprint density at radius 2 is 1.91 bits per heavy atom. The Kier molecular flexibility index (Phi) is 8.25. The van der Waals surface area contributed by atoms with Crippen LogP contribution < -0.4 is 10.1 Å². The lowest BCUT2D eigenvalue weighted by molar-refractivity contribution is -0.141. The van der Waals surface area contributed by atoms with Gasteiger partial charge in [0.25, 0.3) is 0 Å². The Morgan fingerprint density at radius 3 is 2.62 bits per heavy atom. The van der Waals surface area contributed by atoms with E-state index in [1.54, 1.807) is 18.1 Å². The molecule has 1 atom stereocenters. The largest absolute Gasteiger partial charge is 0.497 e. The topological polar surface area (TPSA) is 58.6 Å². The highest BCUT2D eigenvalue weighted by molar-refractivity contribution is 7.10. The van der Waals surface area contributed by atoms with Crippen molar-refractivity contribution in [3.8, 4) is 5.75 Å². The second-order valence-corrected chi connectivity index (χ2v) is 9.98. The first kappa shape index (κ1) is 24.3. The molecule has 0 radical (unpaired) electrons. The Bertz CT molecular complexity index is 1110. The summed E-state index contributed by atoms with van der Waals surface area (Å²) in [6, 6.07) is 18.0. The van der Waals surface area contributed by atoms with Gasteiger partial charge in [-0.3, -0.25) is 9.59 Å². The molecular weight excluding hydrogens is 468 g/mol. The fourth-order valence-corrected chi connectivity index (χ4v) is 5.32. The summed E-state index contributed by atoms with van der Waals surface area (Å²) >= 11 is 8.01. The number of rotatable bonds is 9. The maximum Gasteiger partial charge on any atom is 0.247 e. The molecule has 5 nitrogen and oxygen atoms in total. The van der Waals surface area contributed by atoms with Crippen LogP contribution in [0.2, 0.25) is 5.02 Å². The Labute approximate surface area is 209 Å². The minimum absolute atomic E-state index is 0.128. The van der Waals surface area contributed by atoms with Crippen molar-refractivity contribution in [2.24, 2.45) is 0 Å². The third-order valence-corrected chi connectivity index (χ3v) is 7.44.